The molecule has 0 aliphatic carbocycles. The fourth-order valence-corrected chi connectivity index (χ4v) is 4.92. The van der Waals surface area contributed by atoms with Crippen molar-refractivity contribution in [3.63, 3.8) is 0 Å². The highest BCUT2D eigenvalue weighted by Gasteiger charge is 2.39. The molecule has 184 valence electrons. The number of carbonyl (C=O) groups excluding carboxylic acids is 1. The van der Waals surface area contributed by atoms with Crippen LogP contribution in [-0.2, 0) is 33.5 Å². The molecule has 1 fully saturated rings. The number of nitrogens with zero attached hydrogens (tertiary/aromatic N) is 4. The molecule has 1 aliphatic rings. The summed E-state index contributed by atoms with van der Waals surface area (Å²) < 4.78 is 60.3. The number of carbonyl (C=O) groups is 1. The van der Waals surface area contributed by atoms with E-state index in [1.807, 2.05) is 5.09 Å². The van der Waals surface area contributed by atoms with Gasteiger partial charge in [0, 0.05) is 6.42 Å². The van der Waals surface area contributed by atoms with Crippen molar-refractivity contribution >= 4 is 40.8 Å². The largest absolute Gasteiger partial charge is 0.465 e. The second kappa shape index (κ2) is 9.94. The second-order valence-electron chi connectivity index (χ2n) is 7.01. The van der Waals surface area contributed by atoms with Crippen LogP contribution >= 0.6 is 7.75 Å². The van der Waals surface area contributed by atoms with E-state index in [4.69, 9.17) is 19.5 Å². The minimum absolute atomic E-state index is 0.0702. The third kappa shape index (κ3) is 6.42. The summed E-state index contributed by atoms with van der Waals surface area (Å²) in [5, 5.41) is 12.1. The first-order valence-corrected chi connectivity index (χ1v) is 12.7. The van der Waals surface area contributed by atoms with Crippen LogP contribution in [0.2, 0.25) is 0 Å². The number of fused-ring (bicyclic) bond motifs is 1. The molecular formula is C15H23N6O10PS. The molecule has 3 heterocycles. The van der Waals surface area contributed by atoms with Crippen LogP contribution in [-0.4, -0.2) is 85.7 Å². The molecular weight excluding hydrogens is 487 g/mol. The molecule has 1 saturated heterocycles. The predicted molar refractivity (Wildman–Crippen MR) is 110 cm³/mol. The number of imidazole rings is 1. The Morgan fingerprint density at radius 3 is 2.85 bits per heavy atom. The number of aromatic nitrogens is 4. The first kappa shape index (κ1) is 25.4. The molecule has 0 amide bonds. The van der Waals surface area contributed by atoms with Gasteiger partial charge in [0.05, 0.1) is 25.6 Å². The smallest absolute Gasteiger partial charge is 0.403 e. The van der Waals surface area contributed by atoms with E-state index in [9.17, 15) is 27.8 Å². The molecule has 0 bridgehead atoms. The van der Waals surface area contributed by atoms with E-state index in [1.165, 1.54) is 24.1 Å². The number of anilines is 1. The first-order chi connectivity index (χ1) is 15.4. The summed E-state index contributed by atoms with van der Waals surface area (Å²) in [7, 11) is -9.49. The Kier molecular flexibility index (Phi) is 7.65. The predicted octanol–water partition coefficient (Wildman–Crippen LogP) is -1.42. The Morgan fingerprint density at radius 1 is 1.45 bits per heavy atom. The van der Waals surface area contributed by atoms with Crippen molar-refractivity contribution in [2.24, 2.45) is 0 Å². The fourth-order valence-electron chi connectivity index (χ4n) is 3.14. The molecule has 0 saturated carbocycles. The zero-order valence-corrected chi connectivity index (χ0v) is 18.9. The highest BCUT2D eigenvalue weighted by atomic mass is 32.2. The SMILES string of the molecule is CCOC(=O)[C@H](CS(=O)(=O)O)NP(=O)(O)OC[C@H]1O[C@@H](n2cnc3c(N)ncnc32)C[C@@H]1O. The van der Waals surface area contributed by atoms with E-state index < -0.39 is 60.7 Å². The molecule has 18 heteroatoms. The number of nitrogens with two attached hydrogens (primary N) is 1. The summed E-state index contributed by atoms with van der Waals surface area (Å²) in [5.74, 6) is -2.24. The van der Waals surface area contributed by atoms with Gasteiger partial charge in [0.2, 0.25) is 0 Å². The van der Waals surface area contributed by atoms with Gasteiger partial charge in [-0.3, -0.25) is 18.4 Å². The molecule has 2 aromatic heterocycles. The zero-order valence-electron chi connectivity index (χ0n) is 17.2. The van der Waals surface area contributed by atoms with E-state index in [0.29, 0.717) is 11.2 Å². The van der Waals surface area contributed by atoms with Crippen molar-refractivity contribution in [1.29, 1.82) is 0 Å². The van der Waals surface area contributed by atoms with Gasteiger partial charge < -0.3 is 25.2 Å². The number of ether oxygens (including phenoxy) is 2. The molecule has 0 radical (unpaired) electrons. The quantitative estimate of drug-likeness (QED) is 0.140. The zero-order chi connectivity index (χ0) is 24.4. The van der Waals surface area contributed by atoms with Gasteiger partial charge in [-0.25, -0.2) is 24.6 Å². The fraction of sp³-hybridized carbons (Fsp3) is 0.600. The second-order valence-corrected chi connectivity index (χ2v) is 10.1. The lowest BCUT2D eigenvalue weighted by atomic mass is 10.2. The molecule has 6 N–H and O–H groups in total. The van der Waals surface area contributed by atoms with Crippen LogP contribution in [0.3, 0.4) is 0 Å². The molecule has 2 aromatic rings. The van der Waals surface area contributed by atoms with E-state index in [1.54, 1.807) is 0 Å². The monoisotopic (exact) mass is 510 g/mol. The standard InChI is InChI=1S/C15H23N6O10PS/c1-2-29-15(23)8(5-33(26,27)28)20-32(24,25)30-4-10-9(22)3-11(31-10)21-7-19-12-13(16)17-6-18-14(12)21/h6-11,22H,2-5H2,1H3,(H2,16,17,18)(H2,20,24,25)(H,26,27,28)/t8-,9-,10+,11+/m0/s1. The summed E-state index contributed by atoms with van der Waals surface area (Å²) in [6.07, 6.45) is -0.204. The maximum atomic E-state index is 12.4. The minimum atomic E-state index is -4.79. The third-order valence-corrected chi connectivity index (χ3v) is 6.47. The Morgan fingerprint density at radius 2 is 2.18 bits per heavy atom. The average molecular weight is 510 g/mol. The van der Waals surface area contributed by atoms with Gasteiger partial charge in [0.25, 0.3) is 10.1 Å². The van der Waals surface area contributed by atoms with Gasteiger partial charge >= 0.3 is 13.7 Å². The molecule has 33 heavy (non-hydrogen) atoms. The van der Waals surface area contributed by atoms with Crippen LogP contribution in [0.25, 0.3) is 11.2 Å². The van der Waals surface area contributed by atoms with E-state index in [0.717, 1.165) is 0 Å². The molecule has 1 aliphatic heterocycles. The van der Waals surface area contributed by atoms with Crippen molar-refractivity contribution in [2.45, 2.75) is 37.8 Å². The maximum absolute atomic E-state index is 12.4. The van der Waals surface area contributed by atoms with E-state index >= 15 is 0 Å². The topological polar surface area (TPSA) is 238 Å². The summed E-state index contributed by atoms with van der Waals surface area (Å²) in [6.45, 7) is 0.711. The normalized spacial score (nSPS) is 23.9. The number of rotatable bonds is 10. The van der Waals surface area contributed by atoms with Gasteiger partial charge in [-0.2, -0.15) is 8.42 Å². The van der Waals surface area contributed by atoms with Crippen LogP contribution in [0.5, 0.6) is 0 Å². The van der Waals surface area contributed by atoms with E-state index in [-0.39, 0.29) is 18.8 Å². The number of esters is 1. The van der Waals surface area contributed by atoms with Crippen LogP contribution < -0.4 is 10.8 Å². The highest BCUT2D eigenvalue weighted by Crippen LogP contribution is 2.40. The number of aliphatic hydroxyl groups is 1. The average Bonchev–Trinajstić information content (AvgIpc) is 3.29. The molecule has 3 rings (SSSR count). The number of nitrogen functional groups attached to an aromatic ring is 1. The van der Waals surface area contributed by atoms with Crippen molar-refractivity contribution in [2.75, 3.05) is 24.7 Å². The summed E-state index contributed by atoms with van der Waals surface area (Å²) in [4.78, 5) is 33.9. The third-order valence-electron chi connectivity index (χ3n) is 4.58. The molecule has 0 aromatic carbocycles. The van der Waals surface area contributed by atoms with Crippen LogP contribution in [0, 0.1) is 0 Å². The first-order valence-electron chi connectivity index (χ1n) is 9.53. The Bertz CT molecular complexity index is 1160. The van der Waals surface area contributed by atoms with Gasteiger partial charge in [0.15, 0.2) is 11.5 Å². The lowest BCUT2D eigenvalue weighted by Crippen LogP contribution is -2.42. The van der Waals surface area contributed by atoms with Crippen molar-refractivity contribution in [3.8, 4) is 0 Å². The van der Waals surface area contributed by atoms with Crippen LogP contribution in [0.1, 0.15) is 19.6 Å². The lowest BCUT2D eigenvalue weighted by molar-refractivity contribution is -0.144. The summed E-state index contributed by atoms with van der Waals surface area (Å²) in [6, 6.07) is -1.87. The lowest BCUT2D eigenvalue weighted by Gasteiger charge is -2.22. The van der Waals surface area contributed by atoms with Crippen LogP contribution in [0.4, 0.5) is 5.82 Å². The molecule has 1 unspecified atom stereocenters. The van der Waals surface area contributed by atoms with Crippen LogP contribution in [0.15, 0.2) is 12.7 Å². The number of aliphatic hydroxyl groups excluding tert-OH is 1. The van der Waals surface area contributed by atoms with E-state index in [2.05, 4.69) is 19.7 Å². The Labute approximate surface area is 187 Å². The van der Waals surface area contributed by atoms with Crippen molar-refractivity contribution < 1.29 is 46.3 Å². The maximum Gasteiger partial charge on any atom is 0.403 e. The Balaban J connectivity index is 1.64. The summed E-state index contributed by atoms with van der Waals surface area (Å²) in [5.41, 5.74) is 6.44. The highest BCUT2D eigenvalue weighted by molar-refractivity contribution is 7.85. The van der Waals surface area contributed by atoms with Crippen molar-refractivity contribution in [1.82, 2.24) is 24.6 Å². The van der Waals surface area contributed by atoms with Gasteiger partial charge in [-0.05, 0) is 6.92 Å². The van der Waals surface area contributed by atoms with Crippen molar-refractivity contribution in [3.05, 3.63) is 12.7 Å². The number of nitrogens with one attached hydrogen (secondary N) is 1. The molecule has 0 spiro atoms. The Hall–Kier alpha value is -2.24. The summed E-state index contributed by atoms with van der Waals surface area (Å²) >= 11 is 0. The minimum Gasteiger partial charge on any atom is -0.465 e. The number of hydrogen-bond acceptors (Lipinski definition) is 12. The molecule has 16 nitrogen and oxygen atoms in total. The molecule has 5 atom stereocenters. The van der Waals surface area contributed by atoms with Gasteiger partial charge in [0.1, 0.15) is 36.0 Å². The van der Waals surface area contributed by atoms with Gasteiger partial charge in [-0.1, -0.05) is 0 Å². The number of hydrogen-bond donors (Lipinski definition) is 5. The van der Waals surface area contributed by atoms with Gasteiger partial charge in [-0.15, -0.1) is 0 Å².